The lowest BCUT2D eigenvalue weighted by Crippen LogP contribution is -2.19. The molecule has 2 nitrogen and oxygen atoms in total. The Labute approximate surface area is 99.7 Å². The molecule has 0 aliphatic heterocycles. The second kappa shape index (κ2) is 5.51. The molecule has 16 heavy (non-hydrogen) atoms. The number of halogens is 2. The molecular weight excluding hydrogens is 229 g/mol. The van der Waals surface area contributed by atoms with E-state index in [9.17, 15) is 4.39 Å². The van der Waals surface area contributed by atoms with Gasteiger partial charge in [0.2, 0.25) is 0 Å². The van der Waals surface area contributed by atoms with Crippen molar-refractivity contribution in [3.63, 3.8) is 0 Å². The smallest absolute Gasteiger partial charge is 0.138 e. The number of hydrogen-bond acceptors (Lipinski definition) is 2. The van der Waals surface area contributed by atoms with Crippen LogP contribution in [0.15, 0.2) is 18.2 Å². The van der Waals surface area contributed by atoms with Crippen molar-refractivity contribution in [2.75, 3.05) is 13.2 Å². The predicted octanol–water partition coefficient (Wildman–Crippen LogP) is 3.00. The van der Waals surface area contributed by atoms with E-state index in [0.29, 0.717) is 17.4 Å². The van der Waals surface area contributed by atoms with Gasteiger partial charge >= 0.3 is 0 Å². The fraction of sp³-hybridized carbons (Fsp3) is 0.500. The number of hydrogen-bond donors (Lipinski definition) is 1. The van der Waals surface area contributed by atoms with Crippen LogP contribution in [0.4, 0.5) is 4.39 Å². The second-order valence-corrected chi connectivity index (χ2v) is 4.41. The van der Waals surface area contributed by atoms with E-state index in [4.69, 9.17) is 16.3 Å². The number of benzene rings is 1. The summed E-state index contributed by atoms with van der Waals surface area (Å²) in [7, 11) is 0. The Hall–Kier alpha value is -0.800. The minimum absolute atomic E-state index is 0.329. The van der Waals surface area contributed by atoms with E-state index >= 15 is 0 Å². The summed E-state index contributed by atoms with van der Waals surface area (Å²) in [6, 6.07) is 4.91. The third-order valence-corrected chi connectivity index (χ3v) is 2.78. The van der Waals surface area contributed by atoms with E-state index in [1.165, 1.54) is 25.0 Å². The van der Waals surface area contributed by atoms with Crippen molar-refractivity contribution in [3.8, 4) is 5.75 Å². The highest BCUT2D eigenvalue weighted by Gasteiger charge is 2.19. The second-order valence-electron chi connectivity index (χ2n) is 4.01. The Bertz CT molecular complexity index is 355. The highest BCUT2D eigenvalue weighted by Crippen LogP contribution is 2.24. The molecule has 0 radical (unpaired) electrons. The summed E-state index contributed by atoms with van der Waals surface area (Å²) < 4.78 is 18.2. The standard InChI is InChI=1S/C12H15ClFNO/c13-11-8-9(14)2-5-12(11)16-7-1-6-15-10-3-4-10/h2,5,8,10,15H,1,3-4,6-7H2. The van der Waals surface area contributed by atoms with Crippen molar-refractivity contribution in [1.29, 1.82) is 0 Å². The number of rotatable bonds is 6. The van der Waals surface area contributed by atoms with E-state index < -0.39 is 0 Å². The molecule has 1 N–H and O–H groups in total. The van der Waals surface area contributed by atoms with Gasteiger partial charge in [-0.3, -0.25) is 0 Å². The molecular formula is C12H15ClFNO. The summed E-state index contributed by atoms with van der Waals surface area (Å²) in [6.07, 6.45) is 3.53. The minimum atomic E-state index is -0.340. The Kier molecular flexibility index (Phi) is 4.02. The van der Waals surface area contributed by atoms with Gasteiger partial charge in [0.05, 0.1) is 11.6 Å². The summed E-state index contributed by atoms with van der Waals surface area (Å²) in [4.78, 5) is 0. The summed E-state index contributed by atoms with van der Waals surface area (Å²) in [5.74, 6) is 0.210. The molecule has 0 amide bonds. The van der Waals surface area contributed by atoms with Gasteiger partial charge in [0.1, 0.15) is 11.6 Å². The van der Waals surface area contributed by atoms with Crippen molar-refractivity contribution in [3.05, 3.63) is 29.0 Å². The Morgan fingerprint density at radius 1 is 1.44 bits per heavy atom. The SMILES string of the molecule is Fc1ccc(OCCCNC2CC2)c(Cl)c1. The van der Waals surface area contributed by atoms with Gasteiger partial charge in [0, 0.05) is 6.04 Å². The molecule has 0 aromatic heterocycles. The van der Waals surface area contributed by atoms with Gasteiger partial charge in [-0.05, 0) is 44.0 Å². The first-order valence-electron chi connectivity index (χ1n) is 5.57. The van der Waals surface area contributed by atoms with Crippen LogP contribution in [0.2, 0.25) is 5.02 Å². The maximum atomic E-state index is 12.7. The molecule has 1 saturated carbocycles. The summed E-state index contributed by atoms with van der Waals surface area (Å²) >= 11 is 5.82. The third kappa shape index (κ3) is 3.65. The van der Waals surface area contributed by atoms with Gasteiger partial charge in [0.15, 0.2) is 0 Å². The summed E-state index contributed by atoms with van der Waals surface area (Å²) in [6.45, 7) is 1.56. The van der Waals surface area contributed by atoms with E-state index in [-0.39, 0.29) is 5.82 Å². The Morgan fingerprint density at radius 2 is 2.25 bits per heavy atom. The molecule has 1 aliphatic carbocycles. The monoisotopic (exact) mass is 243 g/mol. The quantitative estimate of drug-likeness (QED) is 0.776. The predicted molar refractivity (Wildman–Crippen MR) is 62.5 cm³/mol. The van der Waals surface area contributed by atoms with Crippen molar-refractivity contribution in [1.82, 2.24) is 5.32 Å². The largest absolute Gasteiger partial charge is 0.492 e. The Balaban J connectivity index is 1.67. The number of ether oxygens (including phenoxy) is 1. The van der Waals surface area contributed by atoms with Gasteiger partial charge in [-0.25, -0.2) is 4.39 Å². The molecule has 0 unspecified atom stereocenters. The lowest BCUT2D eigenvalue weighted by Gasteiger charge is -2.08. The van der Waals surface area contributed by atoms with Crippen LogP contribution in [0.3, 0.4) is 0 Å². The zero-order valence-electron chi connectivity index (χ0n) is 9.01. The highest BCUT2D eigenvalue weighted by molar-refractivity contribution is 6.32. The van der Waals surface area contributed by atoms with Crippen LogP contribution in [0.25, 0.3) is 0 Å². The molecule has 1 aliphatic rings. The van der Waals surface area contributed by atoms with E-state index in [1.54, 1.807) is 6.07 Å². The molecule has 0 saturated heterocycles. The van der Waals surface area contributed by atoms with Crippen LogP contribution < -0.4 is 10.1 Å². The molecule has 2 rings (SSSR count). The average Bonchev–Trinajstić information content (AvgIpc) is 3.04. The normalized spacial score (nSPS) is 15.1. The van der Waals surface area contributed by atoms with Gasteiger partial charge in [0.25, 0.3) is 0 Å². The van der Waals surface area contributed by atoms with Crippen LogP contribution in [0.1, 0.15) is 19.3 Å². The summed E-state index contributed by atoms with van der Waals surface area (Å²) in [5.41, 5.74) is 0. The lowest BCUT2D eigenvalue weighted by atomic mass is 10.3. The van der Waals surface area contributed by atoms with Crippen LogP contribution in [-0.2, 0) is 0 Å². The molecule has 1 aromatic rings. The zero-order chi connectivity index (χ0) is 11.4. The highest BCUT2D eigenvalue weighted by atomic mass is 35.5. The molecule has 0 heterocycles. The molecule has 1 aromatic carbocycles. The van der Waals surface area contributed by atoms with Crippen LogP contribution in [0, 0.1) is 5.82 Å². The van der Waals surface area contributed by atoms with Gasteiger partial charge in [-0.15, -0.1) is 0 Å². The van der Waals surface area contributed by atoms with Crippen molar-refractivity contribution in [2.24, 2.45) is 0 Å². The first kappa shape index (κ1) is 11.7. The fourth-order valence-corrected chi connectivity index (χ4v) is 1.66. The molecule has 0 bridgehead atoms. The molecule has 88 valence electrons. The van der Waals surface area contributed by atoms with Gasteiger partial charge < -0.3 is 10.1 Å². The van der Waals surface area contributed by atoms with Crippen LogP contribution in [-0.4, -0.2) is 19.2 Å². The maximum absolute atomic E-state index is 12.7. The van der Waals surface area contributed by atoms with E-state index in [1.807, 2.05) is 0 Å². The lowest BCUT2D eigenvalue weighted by molar-refractivity contribution is 0.307. The van der Waals surface area contributed by atoms with Crippen LogP contribution in [0.5, 0.6) is 5.75 Å². The van der Waals surface area contributed by atoms with Crippen molar-refractivity contribution >= 4 is 11.6 Å². The van der Waals surface area contributed by atoms with Crippen molar-refractivity contribution in [2.45, 2.75) is 25.3 Å². The van der Waals surface area contributed by atoms with Gasteiger partial charge in [-0.1, -0.05) is 11.6 Å². The van der Waals surface area contributed by atoms with Gasteiger partial charge in [-0.2, -0.15) is 0 Å². The third-order valence-electron chi connectivity index (χ3n) is 2.48. The first-order valence-corrected chi connectivity index (χ1v) is 5.95. The zero-order valence-corrected chi connectivity index (χ0v) is 9.77. The van der Waals surface area contributed by atoms with Crippen molar-refractivity contribution < 1.29 is 9.13 Å². The molecule has 4 heteroatoms. The molecule has 0 spiro atoms. The first-order chi connectivity index (χ1) is 7.75. The minimum Gasteiger partial charge on any atom is -0.492 e. The molecule has 0 atom stereocenters. The maximum Gasteiger partial charge on any atom is 0.138 e. The fourth-order valence-electron chi connectivity index (χ4n) is 1.44. The van der Waals surface area contributed by atoms with Crippen LogP contribution >= 0.6 is 11.6 Å². The van der Waals surface area contributed by atoms with E-state index in [0.717, 1.165) is 19.0 Å². The van der Waals surface area contributed by atoms with E-state index in [2.05, 4.69) is 5.32 Å². The molecule has 1 fully saturated rings. The Morgan fingerprint density at radius 3 is 2.94 bits per heavy atom. The summed E-state index contributed by atoms with van der Waals surface area (Å²) in [5, 5.41) is 3.72. The number of nitrogens with one attached hydrogen (secondary N) is 1. The topological polar surface area (TPSA) is 21.3 Å². The average molecular weight is 244 g/mol.